The summed E-state index contributed by atoms with van der Waals surface area (Å²) in [7, 11) is 1.65. The molecule has 0 saturated carbocycles. The van der Waals surface area contributed by atoms with E-state index in [4.69, 9.17) is 19.2 Å². The van der Waals surface area contributed by atoms with Crippen LogP contribution in [0.1, 0.15) is 24.5 Å². The van der Waals surface area contributed by atoms with E-state index in [1.165, 1.54) is 0 Å². The van der Waals surface area contributed by atoms with Crippen molar-refractivity contribution in [2.24, 2.45) is 0 Å². The highest BCUT2D eigenvalue weighted by molar-refractivity contribution is 7.22. The summed E-state index contributed by atoms with van der Waals surface area (Å²) in [6.07, 6.45) is 1.19. The SMILES string of the molecule is CCOc1ccc(CC(=O)N(CCCN2CCOCC2)c2nc3c(OC)ccc(C)c3s2)cc1.Cl. The van der Waals surface area contributed by atoms with Crippen LogP contribution in [-0.2, 0) is 16.0 Å². The molecular weight excluding hydrogens is 486 g/mol. The summed E-state index contributed by atoms with van der Waals surface area (Å²) in [5.74, 6) is 1.59. The summed E-state index contributed by atoms with van der Waals surface area (Å²) in [5.41, 5.74) is 2.91. The Kier molecular flexibility index (Phi) is 10.2. The molecule has 7 nitrogen and oxygen atoms in total. The van der Waals surface area contributed by atoms with Crippen LogP contribution in [0.5, 0.6) is 11.5 Å². The molecule has 0 radical (unpaired) electrons. The van der Waals surface area contributed by atoms with Crippen LogP contribution in [0.25, 0.3) is 10.2 Å². The number of ether oxygens (including phenoxy) is 3. The smallest absolute Gasteiger partial charge is 0.233 e. The Morgan fingerprint density at radius 1 is 1.17 bits per heavy atom. The Morgan fingerprint density at radius 2 is 1.91 bits per heavy atom. The summed E-state index contributed by atoms with van der Waals surface area (Å²) in [5, 5.41) is 0.723. The van der Waals surface area contributed by atoms with Crippen LogP contribution in [0, 0.1) is 6.92 Å². The molecule has 1 amide bonds. The number of fused-ring (bicyclic) bond motifs is 1. The van der Waals surface area contributed by atoms with E-state index in [0.29, 0.717) is 19.6 Å². The van der Waals surface area contributed by atoms with Crippen LogP contribution in [0.4, 0.5) is 5.13 Å². The quantitative estimate of drug-likeness (QED) is 0.386. The van der Waals surface area contributed by atoms with Crippen molar-refractivity contribution in [3.05, 3.63) is 47.5 Å². The fourth-order valence-corrected chi connectivity index (χ4v) is 5.22. The molecule has 9 heteroatoms. The van der Waals surface area contributed by atoms with E-state index in [0.717, 1.165) is 77.2 Å². The standard InChI is InChI=1S/C26H33N3O4S.ClH/c1-4-33-21-9-7-20(8-10-21)18-23(30)29(13-5-12-28-14-16-32-17-15-28)26-27-24-22(31-3)11-6-19(2)25(24)34-26;/h6-11H,4-5,12-18H2,1-3H3;1H. The third kappa shape index (κ3) is 6.85. The van der Waals surface area contributed by atoms with E-state index < -0.39 is 0 Å². The number of hydrogen-bond acceptors (Lipinski definition) is 7. The molecule has 1 fully saturated rings. The molecule has 3 aromatic rings. The summed E-state index contributed by atoms with van der Waals surface area (Å²) in [6.45, 7) is 9.63. The van der Waals surface area contributed by atoms with Crippen LogP contribution in [-0.4, -0.2) is 68.9 Å². The lowest BCUT2D eigenvalue weighted by atomic mass is 10.1. The molecule has 0 unspecified atom stereocenters. The molecule has 4 rings (SSSR count). The number of aromatic nitrogens is 1. The maximum Gasteiger partial charge on any atom is 0.233 e. The number of benzene rings is 2. The first-order valence-electron chi connectivity index (χ1n) is 11.9. The molecule has 2 aromatic carbocycles. The lowest BCUT2D eigenvalue weighted by Gasteiger charge is -2.27. The van der Waals surface area contributed by atoms with Crippen LogP contribution in [0.15, 0.2) is 36.4 Å². The second-order valence-electron chi connectivity index (χ2n) is 8.37. The summed E-state index contributed by atoms with van der Waals surface area (Å²) in [6, 6.07) is 11.7. The van der Waals surface area contributed by atoms with Crippen molar-refractivity contribution >= 4 is 45.0 Å². The van der Waals surface area contributed by atoms with Crippen molar-refractivity contribution in [2.45, 2.75) is 26.7 Å². The number of morpholine rings is 1. The highest BCUT2D eigenvalue weighted by atomic mass is 35.5. The number of aryl methyl sites for hydroxylation is 1. The van der Waals surface area contributed by atoms with E-state index in [-0.39, 0.29) is 18.3 Å². The van der Waals surface area contributed by atoms with Crippen molar-refractivity contribution in [1.82, 2.24) is 9.88 Å². The minimum Gasteiger partial charge on any atom is -0.494 e. The van der Waals surface area contributed by atoms with Gasteiger partial charge in [0.2, 0.25) is 5.91 Å². The predicted molar refractivity (Wildman–Crippen MR) is 144 cm³/mol. The zero-order valence-corrected chi connectivity index (χ0v) is 22.3. The highest BCUT2D eigenvalue weighted by Gasteiger charge is 2.22. The van der Waals surface area contributed by atoms with E-state index >= 15 is 0 Å². The number of rotatable bonds is 10. The van der Waals surface area contributed by atoms with Crippen molar-refractivity contribution < 1.29 is 19.0 Å². The van der Waals surface area contributed by atoms with Gasteiger partial charge in [0, 0.05) is 26.2 Å². The monoisotopic (exact) mass is 519 g/mol. The molecule has 0 bridgehead atoms. The zero-order chi connectivity index (χ0) is 23.9. The van der Waals surface area contributed by atoms with Crippen LogP contribution in [0.2, 0.25) is 0 Å². The number of hydrogen-bond donors (Lipinski definition) is 0. The van der Waals surface area contributed by atoms with E-state index in [1.807, 2.05) is 48.2 Å². The number of carbonyl (C=O) groups excluding carboxylic acids is 1. The number of methoxy groups -OCH3 is 1. The number of thiazole rings is 1. The van der Waals surface area contributed by atoms with Gasteiger partial charge in [-0.05, 0) is 49.6 Å². The van der Waals surface area contributed by atoms with Crippen molar-refractivity contribution in [1.29, 1.82) is 0 Å². The first kappa shape index (κ1) is 27.2. The molecule has 0 aliphatic carbocycles. The van der Waals surface area contributed by atoms with Gasteiger partial charge in [0.05, 0.1) is 38.1 Å². The van der Waals surface area contributed by atoms with Gasteiger partial charge in [-0.15, -0.1) is 12.4 Å². The topological polar surface area (TPSA) is 64.1 Å². The number of halogens is 1. The Bertz CT molecular complexity index is 1100. The molecule has 1 aromatic heterocycles. The maximum atomic E-state index is 13.5. The Labute approximate surface area is 217 Å². The number of amides is 1. The van der Waals surface area contributed by atoms with Crippen molar-refractivity contribution in [3.63, 3.8) is 0 Å². The predicted octanol–water partition coefficient (Wildman–Crippen LogP) is 4.73. The lowest BCUT2D eigenvalue weighted by Crippen LogP contribution is -2.39. The first-order valence-corrected chi connectivity index (χ1v) is 12.7. The Balaban J connectivity index is 0.00000342. The third-order valence-electron chi connectivity index (χ3n) is 5.99. The molecular formula is C26H34ClN3O4S. The summed E-state index contributed by atoms with van der Waals surface area (Å²) >= 11 is 1.56. The molecule has 1 aliphatic heterocycles. The second kappa shape index (κ2) is 13.1. The van der Waals surface area contributed by atoms with E-state index in [2.05, 4.69) is 11.8 Å². The Morgan fingerprint density at radius 3 is 2.60 bits per heavy atom. The fourth-order valence-electron chi connectivity index (χ4n) is 4.12. The molecule has 1 saturated heterocycles. The van der Waals surface area contributed by atoms with E-state index in [1.54, 1.807) is 18.4 Å². The third-order valence-corrected chi connectivity index (χ3v) is 7.21. The van der Waals surface area contributed by atoms with Gasteiger partial charge in [0.15, 0.2) is 5.13 Å². The van der Waals surface area contributed by atoms with E-state index in [9.17, 15) is 4.79 Å². The minimum absolute atomic E-state index is 0. The minimum atomic E-state index is 0. The summed E-state index contributed by atoms with van der Waals surface area (Å²) in [4.78, 5) is 22.6. The average Bonchev–Trinajstić information content (AvgIpc) is 3.30. The van der Waals surface area contributed by atoms with Gasteiger partial charge in [-0.1, -0.05) is 29.5 Å². The van der Waals surface area contributed by atoms with Gasteiger partial charge in [0.25, 0.3) is 0 Å². The number of anilines is 1. The molecule has 0 atom stereocenters. The van der Waals surface area contributed by atoms with Gasteiger partial charge in [-0.3, -0.25) is 14.6 Å². The molecule has 2 heterocycles. The normalized spacial score (nSPS) is 13.9. The van der Waals surface area contributed by atoms with Gasteiger partial charge in [0.1, 0.15) is 17.0 Å². The summed E-state index contributed by atoms with van der Waals surface area (Å²) < 4.78 is 17.6. The molecule has 190 valence electrons. The lowest BCUT2D eigenvalue weighted by molar-refractivity contribution is -0.118. The fraction of sp³-hybridized carbons (Fsp3) is 0.462. The van der Waals surface area contributed by atoms with Crippen molar-refractivity contribution in [3.8, 4) is 11.5 Å². The van der Waals surface area contributed by atoms with Crippen LogP contribution >= 0.6 is 23.7 Å². The van der Waals surface area contributed by atoms with Gasteiger partial charge in [-0.2, -0.15) is 0 Å². The Hall–Kier alpha value is -2.39. The highest BCUT2D eigenvalue weighted by Crippen LogP contribution is 2.36. The average molecular weight is 520 g/mol. The first-order chi connectivity index (χ1) is 16.6. The van der Waals surface area contributed by atoms with Crippen LogP contribution in [0.3, 0.4) is 0 Å². The number of carbonyl (C=O) groups is 1. The molecule has 35 heavy (non-hydrogen) atoms. The second-order valence-corrected chi connectivity index (χ2v) is 9.34. The van der Waals surface area contributed by atoms with Crippen LogP contribution < -0.4 is 14.4 Å². The van der Waals surface area contributed by atoms with Gasteiger partial charge < -0.3 is 14.2 Å². The number of nitrogens with zero attached hydrogens (tertiary/aromatic N) is 3. The largest absolute Gasteiger partial charge is 0.494 e. The van der Waals surface area contributed by atoms with Crippen molar-refractivity contribution in [2.75, 3.05) is 58.0 Å². The molecule has 0 spiro atoms. The zero-order valence-electron chi connectivity index (χ0n) is 20.6. The molecule has 0 N–H and O–H groups in total. The maximum absolute atomic E-state index is 13.5. The van der Waals surface area contributed by atoms with Gasteiger partial charge in [-0.25, -0.2) is 4.98 Å². The molecule has 1 aliphatic rings. The van der Waals surface area contributed by atoms with Gasteiger partial charge >= 0.3 is 0 Å².